The topological polar surface area (TPSA) is 118 Å². The fourth-order valence-electron chi connectivity index (χ4n) is 3.63. The lowest BCUT2D eigenvalue weighted by atomic mass is 9.72. The van der Waals surface area contributed by atoms with Gasteiger partial charge in [0.1, 0.15) is 10.5 Å². The van der Waals surface area contributed by atoms with E-state index < -0.39 is 39.0 Å². The number of aromatic hydroxyl groups is 2. The number of hydrogen-bond donors (Lipinski definition) is 2. The van der Waals surface area contributed by atoms with Crippen LogP contribution in [-0.4, -0.2) is 30.2 Å². The monoisotopic (exact) mass is 386 g/mol. The molecule has 1 aliphatic carbocycles. The highest BCUT2D eigenvalue weighted by Gasteiger charge is 2.55. The molecule has 0 fully saturated rings. The van der Waals surface area contributed by atoms with Crippen LogP contribution >= 0.6 is 0 Å². The quantitative estimate of drug-likeness (QED) is 0.459. The van der Waals surface area contributed by atoms with Gasteiger partial charge < -0.3 is 10.2 Å². The predicted molar refractivity (Wildman–Crippen MR) is 92.5 cm³/mol. The van der Waals surface area contributed by atoms with Gasteiger partial charge >= 0.3 is 0 Å². The van der Waals surface area contributed by atoms with Crippen molar-refractivity contribution in [1.29, 1.82) is 0 Å². The van der Waals surface area contributed by atoms with Gasteiger partial charge in [-0.2, -0.15) is 8.42 Å². The van der Waals surface area contributed by atoms with E-state index in [0.29, 0.717) is 5.56 Å². The van der Waals surface area contributed by atoms with E-state index in [4.69, 9.17) is 4.18 Å². The molecule has 0 unspecified atom stereocenters. The van der Waals surface area contributed by atoms with Crippen LogP contribution in [0.1, 0.15) is 17.5 Å². The van der Waals surface area contributed by atoms with Gasteiger partial charge in [-0.05, 0) is 29.8 Å². The molecular weight excluding hydrogens is 372 g/mol. The van der Waals surface area contributed by atoms with Crippen LogP contribution in [0.2, 0.25) is 0 Å². The van der Waals surface area contributed by atoms with Crippen LogP contribution in [0.3, 0.4) is 0 Å². The zero-order valence-corrected chi connectivity index (χ0v) is 14.6. The summed E-state index contributed by atoms with van der Waals surface area (Å²) in [4.78, 5) is 23.6. The first-order chi connectivity index (χ1) is 12.8. The number of Topliss-reactive ketones (excluding diaryl/α,β-unsaturated/α-hetero) is 1. The lowest BCUT2D eigenvalue weighted by Gasteiger charge is -2.36. The molecule has 1 heterocycles. The number of benzene rings is 2. The Morgan fingerprint density at radius 3 is 2.48 bits per heavy atom. The minimum absolute atomic E-state index is 0.0460. The molecule has 0 amide bonds. The number of rotatable bonds is 2. The minimum atomic E-state index is -4.14. The van der Waals surface area contributed by atoms with Gasteiger partial charge in [-0.25, -0.2) is 4.18 Å². The van der Waals surface area contributed by atoms with Crippen LogP contribution in [0, 0.1) is 5.92 Å². The van der Waals surface area contributed by atoms with E-state index in [0.717, 1.165) is 6.08 Å². The van der Waals surface area contributed by atoms with Crippen LogP contribution in [0.4, 0.5) is 0 Å². The Kier molecular flexibility index (Phi) is 3.72. The van der Waals surface area contributed by atoms with Crippen molar-refractivity contribution in [3.63, 3.8) is 0 Å². The molecule has 138 valence electrons. The number of carbonyl (C=O) groups excluding carboxylic acids is 2. The summed E-state index contributed by atoms with van der Waals surface area (Å²) < 4.78 is 30.9. The van der Waals surface area contributed by atoms with Crippen molar-refractivity contribution < 1.29 is 32.4 Å². The van der Waals surface area contributed by atoms with Crippen molar-refractivity contribution in [2.24, 2.45) is 5.92 Å². The maximum Gasteiger partial charge on any atom is 0.298 e. The maximum atomic E-state index is 12.7. The second-order valence-electron chi connectivity index (χ2n) is 6.43. The highest BCUT2D eigenvalue weighted by atomic mass is 32.2. The second-order valence-corrected chi connectivity index (χ2v) is 7.94. The summed E-state index contributed by atoms with van der Waals surface area (Å²) in [6.45, 7) is 0. The first-order valence-electron chi connectivity index (χ1n) is 8.08. The summed E-state index contributed by atoms with van der Waals surface area (Å²) in [6, 6.07) is 9.98. The SMILES string of the molecule is O=C1C=C[C@@H]([C@@]2(c3ccc(O)c(O)c3)OS(=O)(=O)c3ccccc32)CC1=O. The third kappa shape index (κ3) is 2.48. The molecule has 0 aromatic heterocycles. The van der Waals surface area contributed by atoms with E-state index in [1.54, 1.807) is 18.2 Å². The number of ketones is 2. The molecule has 2 aromatic carbocycles. The Morgan fingerprint density at radius 1 is 1.04 bits per heavy atom. The molecule has 2 aromatic rings. The van der Waals surface area contributed by atoms with Crippen molar-refractivity contribution in [2.45, 2.75) is 16.9 Å². The largest absolute Gasteiger partial charge is 0.504 e. The van der Waals surface area contributed by atoms with Crippen LogP contribution < -0.4 is 0 Å². The first kappa shape index (κ1) is 17.4. The smallest absolute Gasteiger partial charge is 0.298 e. The molecular formula is C19H14O7S. The van der Waals surface area contributed by atoms with Gasteiger partial charge in [0.05, 0.1) is 0 Å². The number of phenols is 2. The molecule has 0 saturated carbocycles. The van der Waals surface area contributed by atoms with Gasteiger partial charge in [0.25, 0.3) is 10.1 Å². The van der Waals surface area contributed by atoms with Gasteiger partial charge in [0.15, 0.2) is 11.5 Å². The third-order valence-electron chi connectivity index (χ3n) is 4.88. The van der Waals surface area contributed by atoms with E-state index in [1.807, 2.05) is 0 Å². The number of allylic oxidation sites excluding steroid dienone is 1. The fraction of sp³-hybridized carbons (Fsp3) is 0.158. The summed E-state index contributed by atoms with van der Waals surface area (Å²) in [7, 11) is -4.14. The molecule has 7 nitrogen and oxygen atoms in total. The zero-order chi connectivity index (χ0) is 19.4. The Hall–Kier alpha value is -2.97. The van der Waals surface area contributed by atoms with Gasteiger partial charge in [-0.3, -0.25) is 9.59 Å². The van der Waals surface area contributed by atoms with Crippen LogP contribution in [0.5, 0.6) is 11.5 Å². The standard InChI is InChI=1S/C19H14O7S/c20-14-7-5-11(9-16(14)22)19(12-6-8-15(21)17(23)10-12)13-3-1-2-4-18(13)27(24,25)26-19/h1-9,12,20,22H,10H2/t12-,19-/m1/s1. The van der Waals surface area contributed by atoms with E-state index in [2.05, 4.69) is 0 Å². The van der Waals surface area contributed by atoms with Crippen molar-refractivity contribution in [1.82, 2.24) is 0 Å². The van der Waals surface area contributed by atoms with E-state index in [-0.39, 0.29) is 22.6 Å². The fourth-order valence-corrected chi connectivity index (χ4v) is 5.11. The number of hydrogen-bond acceptors (Lipinski definition) is 7. The summed E-state index contributed by atoms with van der Waals surface area (Å²) in [6.07, 6.45) is 2.31. The van der Waals surface area contributed by atoms with Crippen LogP contribution in [0.25, 0.3) is 0 Å². The molecule has 1 aliphatic heterocycles. The number of fused-ring (bicyclic) bond motifs is 1. The van der Waals surface area contributed by atoms with Gasteiger partial charge in [0.2, 0.25) is 11.6 Å². The highest BCUT2D eigenvalue weighted by molar-refractivity contribution is 7.87. The average Bonchev–Trinajstić information content (AvgIpc) is 2.89. The third-order valence-corrected chi connectivity index (χ3v) is 6.26. The van der Waals surface area contributed by atoms with Gasteiger partial charge in [-0.15, -0.1) is 0 Å². The second kappa shape index (κ2) is 5.77. The molecule has 0 bridgehead atoms. The van der Waals surface area contributed by atoms with Crippen molar-refractivity contribution in [3.05, 3.63) is 65.7 Å². The van der Waals surface area contributed by atoms with Crippen LogP contribution in [-0.2, 0) is 29.5 Å². The van der Waals surface area contributed by atoms with Crippen molar-refractivity contribution in [3.8, 4) is 11.5 Å². The van der Waals surface area contributed by atoms with E-state index in [9.17, 15) is 28.2 Å². The summed E-state index contributed by atoms with van der Waals surface area (Å²) in [5.41, 5.74) is -1.11. The maximum absolute atomic E-state index is 12.7. The molecule has 2 aliphatic rings. The normalized spacial score (nSPS) is 26.1. The Balaban J connectivity index is 2.03. The molecule has 2 N–H and O–H groups in total. The lowest BCUT2D eigenvalue weighted by molar-refractivity contribution is -0.135. The number of phenolic OH excluding ortho intramolecular Hbond substituents is 2. The minimum Gasteiger partial charge on any atom is -0.504 e. The van der Waals surface area contributed by atoms with Crippen molar-refractivity contribution >= 4 is 21.7 Å². The summed E-state index contributed by atoms with van der Waals surface area (Å²) >= 11 is 0. The molecule has 4 rings (SSSR count). The molecule has 2 atom stereocenters. The van der Waals surface area contributed by atoms with E-state index in [1.165, 1.54) is 30.3 Å². The summed E-state index contributed by atoms with van der Waals surface area (Å²) in [5, 5.41) is 19.6. The molecule has 0 saturated heterocycles. The number of carbonyl (C=O) groups is 2. The van der Waals surface area contributed by atoms with Crippen LogP contribution in [0.15, 0.2) is 59.5 Å². The Bertz CT molecular complexity index is 1120. The summed E-state index contributed by atoms with van der Waals surface area (Å²) in [5.74, 6) is -2.96. The highest BCUT2D eigenvalue weighted by Crippen LogP contribution is 2.53. The predicted octanol–water partition coefficient (Wildman–Crippen LogP) is 1.77. The average molecular weight is 386 g/mol. The Labute approximate surface area is 154 Å². The lowest BCUT2D eigenvalue weighted by Crippen LogP contribution is -2.39. The van der Waals surface area contributed by atoms with Crippen molar-refractivity contribution in [2.75, 3.05) is 0 Å². The molecule has 0 spiro atoms. The van der Waals surface area contributed by atoms with Gasteiger partial charge in [-0.1, -0.05) is 30.3 Å². The van der Waals surface area contributed by atoms with Gasteiger partial charge in [0, 0.05) is 17.9 Å². The molecule has 8 heteroatoms. The Morgan fingerprint density at radius 2 is 1.78 bits per heavy atom. The first-order valence-corrected chi connectivity index (χ1v) is 9.49. The van der Waals surface area contributed by atoms with E-state index >= 15 is 0 Å². The molecule has 0 radical (unpaired) electrons. The molecule has 27 heavy (non-hydrogen) atoms. The zero-order valence-electron chi connectivity index (χ0n) is 13.8.